The molecule has 0 saturated carbocycles. The van der Waals surface area contributed by atoms with E-state index in [-0.39, 0.29) is 0 Å². The Bertz CT molecular complexity index is 472. The predicted octanol–water partition coefficient (Wildman–Crippen LogP) is 3.41. The maximum absolute atomic E-state index is 4.60. The molecule has 14 heavy (non-hydrogen) atoms. The lowest BCUT2D eigenvalue weighted by atomic mass is 10.1. The van der Waals surface area contributed by atoms with Gasteiger partial charge in [0.1, 0.15) is 0 Å². The molecule has 0 radical (unpaired) electrons. The number of benzene rings is 1. The van der Waals surface area contributed by atoms with Crippen LogP contribution < -0.4 is 0 Å². The summed E-state index contributed by atoms with van der Waals surface area (Å²) in [7, 11) is 0. The highest BCUT2D eigenvalue weighted by atomic mass is 14.7. The first-order valence-electron chi connectivity index (χ1n) is 5.07. The fourth-order valence-corrected chi connectivity index (χ4v) is 1.76. The van der Waals surface area contributed by atoms with E-state index in [2.05, 4.69) is 50.0 Å². The third-order valence-electron chi connectivity index (χ3n) is 2.59. The molecule has 0 aliphatic heterocycles. The van der Waals surface area contributed by atoms with Crippen LogP contribution in [0.1, 0.15) is 23.7 Å². The lowest BCUT2D eigenvalue weighted by molar-refractivity contribution is 1.05. The van der Waals surface area contributed by atoms with Crippen molar-refractivity contribution in [3.05, 3.63) is 41.1 Å². The Kier molecular flexibility index (Phi) is 2.24. The predicted molar refractivity (Wildman–Crippen MR) is 60.6 cm³/mol. The molecule has 0 N–H and O–H groups in total. The number of pyridine rings is 1. The Morgan fingerprint density at radius 2 is 1.93 bits per heavy atom. The molecule has 0 aliphatic carbocycles. The van der Waals surface area contributed by atoms with Crippen molar-refractivity contribution in [2.75, 3.05) is 0 Å². The second-order valence-electron chi connectivity index (χ2n) is 3.80. The Hall–Kier alpha value is -1.37. The largest absolute Gasteiger partial charge is 0.253 e. The van der Waals surface area contributed by atoms with Gasteiger partial charge in [0, 0.05) is 11.1 Å². The van der Waals surface area contributed by atoms with Crippen LogP contribution in [0.5, 0.6) is 0 Å². The number of aromatic nitrogens is 1. The average molecular weight is 185 g/mol. The molecule has 1 heterocycles. The lowest BCUT2D eigenvalue weighted by Crippen LogP contribution is -1.91. The third kappa shape index (κ3) is 1.50. The highest BCUT2D eigenvalue weighted by Gasteiger charge is 2.01. The first-order chi connectivity index (χ1) is 6.70. The first kappa shape index (κ1) is 9.20. The van der Waals surface area contributed by atoms with E-state index >= 15 is 0 Å². The molecule has 0 amide bonds. The van der Waals surface area contributed by atoms with Crippen LogP contribution in [-0.2, 0) is 6.42 Å². The third-order valence-corrected chi connectivity index (χ3v) is 2.59. The van der Waals surface area contributed by atoms with E-state index in [0.29, 0.717) is 0 Å². The molecule has 0 atom stereocenters. The maximum atomic E-state index is 4.60. The summed E-state index contributed by atoms with van der Waals surface area (Å²) in [5.41, 5.74) is 4.92. The van der Waals surface area contributed by atoms with Crippen molar-refractivity contribution in [2.24, 2.45) is 0 Å². The highest BCUT2D eigenvalue weighted by Crippen LogP contribution is 2.19. The SMILES string of the molecule is CCc1cc(C)c2cc(C)ccc2n1. The molecule has 0 spiro atoms. The summed E-state index contributed by atoms with van der Waals surface area (Å²) in [5, 5.41) is 1.28. The minimum atomic E-state index is 1.00. The summed E-state index contributed by atoms with van der Waals surface area (Å²) >= 11 is 0. The van der Waals surface area contributed by atoms with E-state index in [0.717, 1.165) is 11.9 Å². The van der Waals surface area contributed by atoms with Crippen molar-refractivity contribution in [3.63, 3.8) is 0 Å². The van der Waals surface area contributed by atoms with Crippen LogP contribution in [0.25, 0.3) is 10.9 Å². The number of hydrogen-bond acceptors (Lipinski definition) is 1. The van der Waals surface area contributed by atoms with Crippen LogP contribution in [0.4, 0.5) is 0 Å². The summed E-state index contributed by atoms with van der Waals surface area (Å²) in [6.07, 6.45) is 1.00. The maximum Gasteiger partial charge on any atom is 0.0708 e. The smallest absolute Gasteiger partial charge is 0.0708 e. The second kappa shape index (κ2) is 3.41. The van der Waals surface area contributed by atoms with Crippen molar-refractivity contribution in [3.8, 4) is 0 Å². The van der Waals surface area contributed by atoms with Crippen LogP contribution in [-0.4, -0.2) is 4.98 Å². The zero-order chi connectivity index (χ0) is 10.1. The first-order valence-corrected chi connectivity index (χ1v) is 5.07. The topological polar surface area (TPSA) is 12.9 Å². The van der Waals surface area contributed by atoms with E-state index in [4.69, 9.17) is 0 Å². The summed E-state index contributed by atoms with van der Waals surface area (Å²) in [4.78, 5) is 4.60. The molecule has 0 bridgehead atoms. The minimum absolute atomic E-state index is 1.00. The summed E-state index contributed by atoms with van der Waals surface area (Å²) in [6.45, 7) is 6.41. The number of aryl methyl sites for hydroxylation is 3. The van der Waals surface area contributed by atoms with Gasteiger partial charge in [-0.25, -0.2) is 0 Å². The van der Waals surface area contributed by atoms with Gasteiger partial charge in [-0.05, 0) is 44.0 Å². The van der Waals surface area contributed by atoms with Crippen LogP contribution in [0.3, 0.4) is 0 Å². The zero-order valence-corrected chi connectivity index (χ0v) is 8.96. The van der Waals surface area contributed by atoms with Gasteiger partial charge in [-0.15, -0.1) is 0 Å². The molecule has 1 aromatic carbocycles. The van der Waals surface area contributed by atoms with Crippen molar-refractivity contribution in [1.29, 1.82) is 0 Å². The van der Waals surface area contributed by atoms with Gasteiger partial charge in [-0.3, -0.25) is 4.98 Å². The summed E-state index contributed by atoms with van der Waals surface area (Å²) < 4.78 is 0. The van der Waals surface area contributed by atoms with Gasteiger partial charge in [0.2, 0.25) is 0 Å². The van der Waals surface area contributed by atoms with Gasteiger partial charge in [0.15, 0.2) is 0 Å². The summed E-state index contributed by atoms with van der Waals surface area (Å²) in [5.74, 6) is 0. The molecule has 0 saturated heterocycles. The van der Waals surface area contributed by atoms with E-state index in [9.17, 15) is 0 Å². The van der Waals surface area contributed by atoms with Gasteiger partial charge >= 0.3 is 0 Å². The van der Waals surface area contributed by atoms with Gasteiger partial charge in [0.05, 0.1) is 5.52 Å². The van der Waals surface area contributed by atoms with Crippen LogP contribution >= 0.6 is 0 Å². The van der Waals surface area contributed by atoms with E-state index in [1.54, 1.807) is 0 Å². The normalized spacial score (nSPS) is 10.8. The average Bonchev–Trinajstić information content (AvgIpc) is 2.19. The van der Waals surface area contributed by atoms with Crippen molar-refractivity contribution < 1.29 is 0 Å². The molecule has 0 fully saturated rings. The number of hydrogen-bond donors (Lipinski definition) is 0. The van der Waals surface area contributed by atoms with Gasteiger partial charge in [-0.2, -0.15) is 0 Å². The van der Waals surface area contributed by atoms with E-state index < -0.39 is 0 Å². The molecular weight excluding hydrogens is 170 g/mol. The fourth-order valence-electron chi connectivity index (χ4n) is 1.76. The van der Waals surface area contributed by atoms with Crippen LogP contribution in [0.2, 0.25) is 0 Å². The highest BCUT2D eigenvalue weighted by molar-refractivity contribution is 5.82. The minimum Gasteiger partial charge on any atom is -0.253 e. The Morgan fingerprint density at radius 1 is 1.14 bits per heavy atom. The number of nitrogens with zero attached hydrogens (tertiary/aromatic N) is 1. The van der Waals surface area contributed by atoms with Crippen LogP contribution in [0.15, 0.2) is 24.3 Å². The molecular formula is C13H15N. The lowest BCUT2D eigenvalue weighted by Gasteiger charge is -2.05. The van der Waals surface area contributed by atoms with Crippen molar-refractivity contribution in [2.45, 2.75) is 27.2 Å². The molecule has 1 aromatic heterocycles. The number of fused-ring (bicyclic) bond motifs is 1. The second-order valence-corrected chi connectivity index (χ2v) is 3.80. The standard InChI is InChI=1S/C13H15N/c1-4-11-8-10(3)12-7-9(2)5-6-13(12)14-11/h5-8H,4H2,1-3H3. The molecule has 0 aliphatic rings. The Morgan fingerprint density at radius 3 is 2.64 bits per heavy atom. The molecule has 72 valence electrons. The fraction of sp³-hybridized carbons (Fsp3) is 0.308. The van der Waals surface area contributed by atoms with Crippen molar-refractivity contribution in [1.82, 2.24) is 4.98 Å². The molecule has 2 aromatic rings. The van der Waals surface area contributed by atoms with Gasteiger partial charge in [0.25, 0.3) is 0 Å². The molecule has 2 rings (SSSR count). The van der Waals surface area contributed by atoms with Crippen molar-refractivity contribution >= 4 is 10.9 Å². The zero-order valence-electron chi connectivity index (χ0n) is 8.96. The molecule has 1 nitrogen and oxygen atoms in total. The molecule has 1 heteroatoms. The summed E-state index contributed by atoms with van der Waals surface area (Å²) in [6, 6.07) is 8.62. The van der Waals surface area contributed by atoms with E-state index in [1.165, 1.54) is 22.2 Å². The van der Waals surface area contributed by atoms with Gasteiger partial charge < -0.3 is 0 Å². The van der Waals surface area contributed by atoms with Crippen LogP contribution in [0, 0.1) is 13.8 Å². The van der Waals surface area contributed by atoms with E-state index in [1.807, 2.05) is 0 Å². The Balaban J connectivity index is 2.76. The molecule has 0 unspecified atom stereocenters. The number of rotatable bonds is 1. The Labute approximate surface area is 84.8 Å². The monoisotopic (exact) mass is 185 g/mol. The van der Waals surface area contributed by atoms with Gasteiger partial charge in [-0.1, -0.05) is 18.6 Å². The quantitative estimate of drug-likeness (QED) is 0.663.